The van der Waals surface area contributed by atoms with Gasteiger partial charge >= 0.3 is 11.9 Å². The molecule has 116 valence electrons. The number of carbonyl (C=O) groups excluding carboxylic acids is 2. The van der Waals surface area contributed by atoms with Gasteiger partial charge in [0, 0.05) is 0 Å². The average molecular weight is 284 g/mol. The second kappa shape index (κ2) is 9.56. The molecular weight excluding hydrogens is 256 g/mol. The number of hydrogen-bond donors (Lipinski definition) is 0. The fourth-order valence-corrected chi connectivity index (χ4v) is 1.95. The van der Waals surface area contributed by atoms with E-state index >= 15 is 0 Å². The number of esters is 2. The summed E-state index contributed by atoms with van der Waals surface area (Å²) in [6.07, 6.45) is 4.41. The minimum absolute atomic E-state index is 0.265. The number of ether oxygens (including phenoxy) is 2. The normalized spacial score (nSPS) is 10.8. The van der Waals surface area contributed by atoms with Crippen molar-refractivity contribution < 1.29 is 19.1 Å². The molecule has 0 rings (SSSR count). The standard InChI is InChI=1S/C16H28O4/c1-6-9-11-16(12-10-13(4)5,14(17)19-7-2)15(18)20-8-3/h10H,6-9,11-12H2,1-5H3. The van der Waals surface area contributed by atoms with Gasteiger partial charge in [0.25, 0.3) is 0 Å². The van der Waals surface area contributed by atoms with E-state index in [4.69, 9.17) is 9.47 Å². The minimum Gasteiger partial charge on any atom is -0.465 e. The number of allylic oxidation sites excluding steroid dienone is 2. The van der Waals surface area contributed by atoms with Crippen LogP contribution >= 0.6 is 0 Å². The average Bonchev–Trinajstić information content (AvgIpc) is 2.39. The molecule has 0 spiro atoms. The summed E-state index contributed by atoms with van der Waals surface area (Å²) in [5.41, 5.74) is -0.126. The summed E-state index contributed by atoms with van der Waals surface area (Å²) >= 11 is 0. The van der Waals surface area contributed by atoms with Crippen LogP contribution in [0.5, 0.6) is 0 Å². The van der Waals surface area contributed by atoms with Crippen LogP contribution in [0.4, 0.5) is 0 Å². The van der Waals surface area contributed by atoms with Crippen LogP contribution in [0.25, 0.3) is 0 Å². The van der Waals surface area contributed by atoms with Crippen molar-refractivity contribution in [3.63, 3.8) is 0 Å². The summed E-state index contributed by atoms with van der Waals surface area (Å²) in [4.78, 5) is 24.7. The molecule has 20 heavy (non-hydrogen) atoms. The van der Waals surface area contributed by atoms with Gasteiger partial charge in [0.2, 0.25) is 0 Å². The Kier molecular flexibility index (Phi) is 8.93. The van der Waals surface area contributed by atoms with Crippen LogP contribution < -0.4 is 0 Å². The molecule has 0 N–H and O–H groups in total. The highest BCUT2D eigenvalue weighted by Gasteiger charge is 2.47. The van der Waals surface area contributed by atoms with Gasteiger partial charge in [0.15, 0.2) is 5.41 Å². The van der Waals surface area contributed by atoms with Crippen LogP contribution in [0.15, 0.2) is 11.6 Å². The number of carbonyl (C=O) groups is 2. The molecule has 4 heteroatoms. The highest BCUT2D eigenvalue weighted by Crippen LogP contribution is 2.33. The maximum absolute atomic E-state index is 12.3. The van der Waals surface area contributed by atoms with Crippen LogP contribution in [0.2, 0.25) is 0 Å². The molecule has 0 aromatic rings. The first-order valence-corrected chi connectivity index (χ1v) is 7.42. The van der Waals surface area contributed by atoms with E-state index in [0.29, 0.717) is 12.8 Å². The molecule has 0 amide bonds. The molecule has 0 saturated heterocycles. The lowest BCUT2D eigenvalue weighted by atomic mass is 9.79. The monoisotopic (exact) mass is 284 g/mol. The van der Waals surface area contributed by atoms with Crippen molar-refractivity contribution in [2.45, 2.75) is 60.3 Å². The first-order valence-electron chi connectivity index (χ1n) is 7.42. The van der Waals surface area contributed by atoms with Crippen molar-refractivity contribution in [3.8, 4) is 0 Å². The molecule has 0 aromatic carbocycles. The van der Waals surface area contributed by atoms with Crippen LogP contribution in [-0.2, 0) is 19.1 Å². The van der Waals surface area contributed by atoms with Crippen molar-refractivity contribution >= 4 is 11.9 Å². The zero-order valence-electron chi connectivity index (χ0n) is 13.5. The van der Waals surface area contributed by atoms with Gasteiger partial charge in [-0.2, -0.15) is 0 Å². The summed E-state index contributed by atoms with van der Waals surface area (Å²) in [5, 5.41) is 0. The van der Waals surface area contributed by atoms with E-state index in [0.717, 1.165) is 18.4 Å². The van der Waals surface area contributed by atoms with Crippen LogP contribution in [0.1, 0.15) is 60.3 Å². The van der Waals surface area contributed by atoms with Crippen molar-refractivity contribution in [1.29, 1.82) is 0 Å². The molecule has 0 heterocycles. The Morgan fingerprint density at radius 3 is 1.85 bits per heavy atom. The zero-order chi connectivity index (χ0) is 15.6. The molecule has 0 aromatic heterocycles. The predicted octanol–water partition coefficient (Wildman–Crippen LogP) is 3.65. The van der Waals surface area contributed by atoms with Gasteiger partial charge in [0.05, 0.1) is 13.2 Å². The topological polar surface area (TPSA) is 52.6 Å². The Labute approximate surface area is 122 Å². The Balaban J connectivity index is 5.42. The predicted molar refractivity (Wildman–Crippen MR) is 79.3 cm³/mol. The van der Waals surface area contributed by atoms with Crippen LogP contribution in [0, 0.1) is 5.41 Å². The lowest BCUT2D eigenvalue weighted by Crippen LogP contribution is -2.42. The van der Waals surface area contributed by atoms with Crippen molar-refractivity contribution in [2.24, 2.45) is 5.41 Å². The maximum Gasteiger partial charge on any atom is 0.323 e. The SMILES string of the molecule is CCCCC(CC=C(C)C)(C(=O)OCC)C(=O)OCC. The zero-order valence-corrected chi connectivity index (χ0v) is 13.5. The van der Waals surface area contributed by atoms with Crippen molar-refractivity contribution in [1.82, 2.24) is 0 Å². The first kappa shape index (κ1) is 18.7. The molecule has 0 saturated carbocycles. The molecular formula is C16H28O4. The van der Waals surface area contributed by atoms with Gasteiger partial charge in [-0.15, -0.1) is 0 Å². The van der Waals surface area contributed by atoms with Gasteiger partial charge < -0.3 is 9.47 Å². The number of unbranched alkanes of at least 4 members (excludes halogenated alkanes) is 1. The third kappa shape index (κ3) is 5.35. The second-order valence-corrected chi connectivity index (χ2v) is 5.11. The molecule has 0 aliphatic heterocycles. The van der Waals surface area contributed by atoms with Crippen molar-refractivity contribution in [2.75, 3.05) is 13.2 Å². The first-order chi connectivity index (χ1) is 9.44. The van der Waals surface area contributed by atoms with Crippen LogP contribution in [0.3, 0.4) is 0 Å². The summed E-state index contributed by atoms with van der Waals surface area (Å²) in [6.45, 7) is 9.94. The molecule has 4 nitrogen and oxygen atoms in total. The highest BCUT2D eigenvalue weighted by atomic mass is 16.6. The molecule has 0 aliphatic carbocycles. The van der Waals surface area contributed by atoms with E-state index < -0.39 is 17.4 Å². The number of hydrogen-bond acceptors (Lipinski definition) is 4. The smallest absolute Gasteiger partial charge is 0.323 e. The van der Waals surface area contributed by atoms with Gasteiger partial charge in [-0.25, -0.2) is 0 Å². The fourth-order valence-electron chi connectivity index (χ4n) is 1.95. The fraction of sp³-hybridized carbons (Fsp3) is 0.750. The molecule has 0 fully saturated rings. The van der Waals surface area contributed by atoms with Gasteiger partial charge in [-0.05, 0) is 40.5 Å². The van der Waals surface area contributed by atoms with E-state index in [2.05, 4.69) is 0 Å². The highest BCUT2D eigenvalue weighted by molar-refractivity contribution is 6.00. The Bertz CT molecular complexity index is 322. The molecule has 0 unspecified atom stereocenters. The third-order valence-electron chi connectivity index (χ3n) is 3.15. The van der Waals surface area contributed by atoms with E-state index in [-0.39, 0.29) is 13.2 Å². The van der Waals surface area contributed by atoms with Crippen LogP contribution in [-0.4, -0.2) is 25.2 Å². The third-order valence-corrected chi connectivity index (χ3v) is 3.15. The van der Waals surface area contributed by atoms with E-state index in [1.165, 1.54) is 0 Å². The quantitative estimate of drug-likeness (QED) is 0.368. The molecule has 0 atom stereocenters. The molecule has 0 radical (unpaired) electrons. The van der Waals surface area contributed by atoms with Crippen molar-refractivity contribution in [3.05, 3.63) is 11.6 Å². The second-order valence-electron chi connectivity index (χ2n) is 5.11. The summed E-state index contributed by atoms with van der Waals surface area (Å²) in [7, 11) is 0. The Morgan fingerprint density at radius 1 is 1.00 bits per heavy atom. The van der Waals surface area contributed by atoms with Gasteiger partial charge in [-0.3, -0.25) is 9.59 Å². The van der Waals surface area contributed by atoms with Gasteiger partial charge in [0.1, 0.15) is 0 Å². The molecule has 0 aliphatic rings. The Hall–Kier alpha value is -1.32. The maximum atomic E-state index is 12.3. The largest absolute Gasteiger partial charge is 0.465 e. The van der Waals surface area contributed by atoms with E-state index in [9.17, 15) is 9.59 Å². The number of rotatable bonds is 9. The minimum atomic E-state index is -1.20. The Morgan fingerprint density at radius 2 is 1.50 bits per heavy atom. The lowest BCUT2D eigenvalue weighted by molar-refractivity contribution is -0.172. The summed E-state index contributed by atoms with van der Waals surface area (Å²) in [6, 6.07) is 0. The summed E-state index contributed by atoms with van der Waals surface area (Å²) < 4.78 is 10.3. The summed E-state index contributed by atoms with van der Waals surface area (Å²) in [5.74, 6) is -0.936. The van der Waals surface area contributed by atoms with Gasteiger partial charge in [-0.1, -0.05) is 31.4 Å². The lowest BCUT2D eigenvalue weighted by Gasteiger charge is -2.28. The van der Waals surface area contributed by atoms with E-state index in [1.807, 2.05) is 26.8 Å². The van der Waals surface area contributed by atoms with E-state index in [1.54, 1.807) is 13.8 Å². The molecule has 0 bridgehead atoms.